The number of halogens is 1. The highest BCUT2D eigenvalue weighted by molar-refractivity contribution is 5.78. The number of amides is 1. The molecule has 1 amide bonds. The molecule has 0 fully saturated rings. The van der Waals surface area contributed by atoms with Crippen LogP contribution in [0.1, 0.15) is 25.8 Å². The molecule has 82 valence electrons. The molecule has 0 unspecified atom stereocenters. The predicted octanol–water partition coefficient (Wildman–Crippen LogP) is 2.49. The summed E-state index contributed by atoms with van der Waals surface area (Å²) in [4.78, 5) is 11.4. The van der Waals surface area contributed by atoms with Crippen molar-refractivity contribution in [3.05, 3.63) is 35.6 Å². The first kappa shape index (κ1) is 11.7. The van der Waals surface area contributed by atoms with Crippen LogP contribution < -0.4 is 5.32 Å². The third-order valence-electron chi connectivity index (χ3n) is 2.44. The van der Waals surface area contributed by atoms with Gasteiger partial charge in [-0.1, -0.05) is 26.0 Å². The lowest BCUT2D eigenvalue weighted by Gasteiger charge is -2.09. The van der Waals surface area contributed by atoms with Crippen molar-refractivity contribution in [2.45, 2.75) is 26.8 Å². The highest BCUT2D eigenvalue weighted by atomic mass is 19.1. The van der Waals surface area contributed by atoms with Crippen LogP contribution in [-0.4, -0.2) is 5.91 Å². The molecule has 0 aliphatic carbocycles. The Labute approximate surface area is 89.5 Å². The van der Waals surface area contributed by atoms with Gasteiger partial charge in [0.2, 0.25) is 5.91 Å². The van der Waals surface area contributed by atoms with E-state index in [0.717, 1.165) is 12.0 Å². The van der Waals surface area contributed by atoms with E-state index >= 15 is 0 Å². The van der Waals surface area contributed by atoms with E-state index < -0.39 is 0 Å². The monoisotopic (exact) mass is 209 g/mol. The molecule has 2 nitrogen and oxygen atoms in total. The summed E-state index contributed by atoms with van der Waals surface area (Å²) in [6, 6.07) is 6.13. The van der Waals surface area contributed by atoms with Gasteiger partial charge in [0.1, 0.15) is 5.82 Å². The zero-order chi connectivity index (χ0) is 11.3. The molecule has 0 heterocycles. The first-order valence-corrected chi connectivity index (χ1v) is 5.15. The average Bonchev–Trinajstić information content (AvgIpc) is 2.26. The van der Waals surface area contributed by atoms with Crippen LogP contribution in [0, 0.1) is 11.7 Å². The van der Waals surface area contributed by atoms with Gasteiger partial charge in [0.25, 0.3) is 0 Å². The largest absolute Gasteiger partial charge is 0.352 e. The van der Waals surface area contributed by atoms with Gasteiger partial charge in [0, 0.05) is 12.5 Å². The zero-order valence-electron chi connectivity index (χ0n) is 9.09. The van der Waals surface area contributed by atoms with Gasteiger partial charge in [0.05, 0.1) is 0 Å². The Balaban J connectivity index is 2.43. The number of nitrogens with one attached hydrogen (secondary N) is 1. The van der Waals surface area contributed by atoms with Crippen molar-refractivity contribution in [2.75, 3.05) is 0 Å². The van der Waals surface area contributed by atoms with Crippen molar-refractivity contribution in [1.29, 1.82) is 0 Å². The van der Waals surface area contributed by atoms with Crippen molar-refractivity contribution >= 4 is 5.91 Å². The third kappa shape index (κ3) is 3.70. The molecule has 0 aliphatic rings. The fourth-order valence-corrected chi connectivity index (χ4v) is 1.15. The summed E-state index contributed by atoms with van der Waals surface area (Å²) in [5, 5.41) is 2.81. The van der Waals surface area contributed by atoms with Crippen LogP contribution in [0.15, 0.2) is 24.3 Å². The number of benzene rings is 1. The van der Waals surface area contributed by atoms with Crippen molar-refractivity contribution in [3.63, 3.8) is 0 Å². The number of carbonyl (C=O) groups is 1. The maximum atomic E-state index is 12.6. The SMILES string of the molecule is CC[C@H](C)C(=O)NCc1ccc(F)cc1. The van der Waals surface area contributed by atoms with Gasteiger partial charge >= 0.3 is 0 Å². The van der Waals surface area contributed by atoms with E-state index in [0.29, 0.717) is 6.54 Å². The van der Waals surface area contributed by atoms with E-state index in [2.05, 4.69) is 5.32 Å². The van der Waals surface area contributed by atoms with E-state index in [1.165, 1.54) is 12.1 Å². The summed E-state index contributed by atoms with van der Waals surface area (Å²) in [6.45, 7) is 4.32. The smallest absolute Gasteiger partial charge is 0.223 e. The predicted molar refractivity (Wildman–Crippen MR) is 57.7 cm³/mol. The van der Waals surface area contributed by atoms with Crippen molar-refractivity contribution in [1.82, 2.24) is 5.32 Å². The van der Waals surface area contributed by atoms with Gasteiger partial charge in [-0.2, -0.15) is 0 Å². The molecule has 0 saturated carbocycles. The fraction of sp³-hybridized carbons (Fsp3) is 0.417. The highest BCUT2D eigenvalue weighted by Gasteiger charge is 2.09. The first-order valence-electron chi connectivity index (χ1n) is 5.15. The van der Waals surface area contributed by atoms with Crippen LogP contribution >= 0.6 is 0 Å². The fourth-order valence-electron chi connectivity index (χ4n) is 1.15. The molecule has 0 radical (unpaired) electrons. The topological polar surface area (TPSA) is 29.1 Å². The molecular weight excluding hydrogens is 193 g/mol. The number of carbonyl (C=O) groups excluding carboxylic acids is 1. The van der Waals surface area contributed by atoms with Gasteiger partial charge in [-0.25, -0.2) is 4.39 Å². The maximum Gasteiger partial charge on any atom is 0.223 e. The van der Waals surface area contributed by atoms with Crippen LogP contribution in [0.4, 0.5) is 4.39 Å². The van der Waals surface area contributed by atoms with Crippen LogP contribution in [0.2, 0.25) is 0 Å². The van der Waals surface area contributed by atoms with E-state index in [4.69, 9.17) is 0 Å². The van der Waals surface area contributed by atoms with Crippen molar-refractivity contribution in [2.24, 2.45) is 5.92 Å². The highest BCUT2D eigenvalue weighted by Crippen LogP contribution is 2.04. The van der Waals surface area contributed by atoms with Crippen molar-refractivity contribution in [3.8, 4) is 0 Å². The van der Waals surface area contributed by atoms with E-state index in [1.807, 2.05) is 13.8 Å². The van der Waals surface area contributed by atoms with E-state index in [1.54, 1.807) is 12.1 Å². The molecule has 1 atom stereocenters. The molecule has 3 heteroatoms. The number of hydrogen-bond donors (Lipinski definition) is 1. The van der Waals surface area contributed by atoms with Gasteiger partial charge < -0.3 is 5.32 Å². The molecule has 0 aromatic heterocycles. The molecule has 1 aromatic rings. The van der Waals surface area contributed by atoms with Gasteiger partial charge in [-0.15, -0.1) is 0 Å². The standard InChI is InChI=1S/C12H16FNO/c1-3-9(2)12(15)14-8-10-4-6-11(13)7-5-10/h4-7,9H,3,8H2,1-2H3,(H,14,15)/t9-/m0/s1. The second-order valence-electron chi connectivity index (χ2n) is 3.65. The Bertz CT molecular complexity index is 321. The number of hydrogen-bond acceptors (Lipinski definition) is 1. The first-order chi connectivity index (χ1) is 7.13. The quantitative estimate of drug-likeness (QED) is 0.811. The summed E-state index contributed by atoms with van der Waals surface area (Å²) in [5.74, 6) is -0.181. The normalized spacial score (nSPS) is 12.2. The Kier molecular flexibility index (Phi) is 4.28. The molecule has 15 heavy (non-hydrogen) atoms. The molecule has 0 bridgehead atoms. The van der Waals surface area contributed by atoms with Gasteiger partial charge in [0.15, 0.2) is 0 Å². The minimum Gasteiger partial charge on any atom is -0.352 e. The molecule has 1 N–H and O–H groups in total. The molecule has 1 aromatic carbocycles. The summed E-state index contributed by atoms with van der Waals surface area (Å²) in [5.41, 5.74) is 0.910. The summed E-state index contributed by atoms with van der Waals surface area (Å²) >= 11 is 0. The summed E-state index contributed by atoms with van der Waals surface area (Å²) in [6.07, 6.45) is 0.829. The summed E-state index contributed by atoms with van der Waals surface area (Å²) < 4.78 is 12.6. The van der Waals surface area contributed by atoms with Crippen LogP contribution in [0.25, 0.3) is 0 Å². The lowest BCUT2D eigenvalue weighted by Crippen LogP contribution is -2.28. The minimum absolute atomic E-state index is 0.0328. The Morgan fingerprint density at radius 2 is 2.00 bits per heavy atom. The molecule has 0 aliphatic heterocycles. The van der Waals surface area contributed by atoms with Crippen LogP contribution in [0.5, 0.6) is 0 Å². The lowest BCUT2D eigenvalue weighted by molar-refractivity contribution is -0.124. The average molecular weight is 209 g/mol. The molecule has 1 rings (SSSR count). The van der Waals surface area contributed by atoms with Gasteiger partial charge in [-0.3, -0.25) is 4.79 Å². The van der Waals surface area contributed by atoms with Crippen LogP contribution in [-0.2, 0) is 11.3 Å². The maximum absolute atomic E-state index is 12.6. The minimum atomic E-state index is -0.257. The summed E-state index contributed by atoms with van der Waals surface area (Å²) in [7, 11) is 0. The Hall–Kier alpha value is -1.38. The zero-order valence-corrected chi connectivity index (χ0v) is 9.09. The lowest BCUT2D eigenvalue weighted by atomic mass is 10.1. The Morgan fingerprint density at radius 1 is 1.40 bits per heavy atom. The number of rotatable bonds is 4. The molecule has 0 spiro atoms. The second kappa shape index (κ2) is 5.49. The van der Waals surface area contributed by atoms with E-state index in [9.17, 15) is 9.18 Å². The Morgan fingerprint density at radius 3 is 2.53 bits per heavy atom. The molecule has 0 saturated heterocycles. The third-order valence-corrected chi connectivity index (χ3v) is 2.44. The van der Waals surface area contributed by atoms with E-state index in [-0.39, 0.29) is 17.6 Å². The van der Waals surface area contributed by atoms with Gasteiger partial charge in [-0.05, 0) is 24.1 Å². The van der Waals surface area contributed by atoms with Crippen molar-refractivity contribution < 1.29 is 9.18 Å². The second-order valence-corrected chi connectivity index (χ2v) is 3.65. The molecular formula is C12H16FNO. The van der Waals surface area contributed by atoms with Crippen LogP contribution in [0.3, 0.4) is 0 Å².